The van der Waals surface area contributed by atoms with Gasteiger partial charge in [0.2, 0.25) is 0 Å². The molecule has 0 unspecified atom stereocenters. The van der Waals surface area contributed by atoms with Gasteiger partial charge < -0.3 is 0 Å². The lowest BCUT2D eigenvalue weighted by Crippen LogP contribution is -1.84. The molecule has 0 nitrogen and oxygen atoms in total. The van der Waals surface area contributed by atoms with Gasteiger partial charge in [0, 0.05) is 5.88 Å². The first kappa shape index (κ1) is 8.61. The molecule has 0 bridgehead atoms. The van der Waals surface area contributed by atoms with E-state index in [-0.39, 0.29) is 0 Å². The van der Waals surface area contributed by atoms with Crippen LogP contribution in [0.4, 0.5) is 0 Å². The highest BCUT2D eigenvalue weighted by atomic mass is 35.5. The molecule has 0 aromatic heterocycles. The summed E-state index contributed by atoms with van der Waals surface area (Å²) in [5.41, 5.74) is 1.38. The van der Waals surface area contributed by atoms with Gasteiger partial charge in [-0.3, -0.25) is 0 Å². The second kappa shape index (κ2) is 5.20. The van der Waals surface area contributed by atoms with Crippen molar-refractivity contribution in [3.8, 4) is 0 Å². The topological polar surface area (TPSA) is 0 Å². The molecule has 1 heteroatoms. The van der Waals surface area contributed by atoms with Gasteiger partial charge in [0.1, 0.15) is 0 Å². The third-order valence-electron chi connectivity index (χ3n) is 1.64. The Hall–Kier alpha value is -0.490. The number of unbranched alkanes of at least 4 members (excludes halogenated alkanes) is 1. The Morgan fingerprint density at radius 3 is 2.55 bits per heavy atom. The van der Waals surface area contributed by atoms with Crippen LogP contribution in [0.5, 0.6) is 0 Å². The van der Waals surface area contributed by atoms with Crippen LogP contribution in [0.3, 0.4) is 0 Å². The van der Waals surface area contributed by atoms with E-state index < -0.39 is 0 Å². The Labute approximate surface area is 73.2 Å². The first-order valence-electron chi connectivity index (χ1n) is 3.94. The van der Waals surface area contributed by atoms with Crippen LogP contribution in [-0.2, 0) is 6.42 Å². The lowest BCUT2D eigenvalue weighted by atomic mass is 10.1. The van der Waals surface area contributed by atoms with Crippen molar-refractivity contribution in [1.82, 2.24) is 0 Å². The van der Waals surface area contributed by atoms with Crippen LogP contribution in [-0.4, -0.2) is 5.88 Å². The Kier molecular flexibility index (Phi) is 4.07. The van der Waals surface area contributed by atoms with Crippen LogP contribution in [0.1, 0.15) is 18.4 Å². The third kappa shape index (κ3) is 3.43. The molecule has 0 spiro atoms. The summed E-state index contributed by atoms with van der Waals surface area (Å²) in [4.78, 5) is 0. The molecule has 1 aromatic rings. The Morgan fingerprint density at radius 2 is 1.91 bits per heavy atom. The fraction of sp³-hybridized carbons (Fsp3) is 0.400. The van der Waals surface area contributed by atoms with E-state index >= 15 is 0 Å². The van der Waals surface area contributed by atoms with Crippen molar-refractivity contribution in [3.63, 3.8) is 0 Å². The molecule has 0 aliphatic carbocycles. The molecule has 0 N–H and O–H groups in total. The molecule has 0 amide bonds. The summed E-state index contributed by atoms with van der Waals surface area (Å²) < 4.78 is 0. The minimum atomic E-state index is 0.777. The molecular formula is C10H12Cl. The Bertz CT molecular complexity index is 181. The molecule has 1 aromatic carbocycles. The van der Waals surface area contributed by atoms with Gasteiger partial charge in [-0.25, -0.2) is 0 Å². The predicted molar refractivity (Wildman–Crippen MR) is 48.9 cm³/mol. The quantitative estimate of drug-likeness (QED) is 0.478. The summed E-state index contributed by atoms with van der Waals surface area (Å²) in [6, 6.07) is 11.1. The number of halogens is 1. The van der Waals surface area contributed by atoms with E-state index in [9.17, 15) is 0 Å². The third-order valence-corrected chi connectivity index (χ3v) is 1.90. The molecule has 0 aliphatic rings. The molecular weight excluding hydrogens is 156 g/mol. The van der Waals surface area contributed by atoms with Gasteiger partial charge in [0.25, 0.3) is 0 Å². The van der Waals surface area contributed by atoms with Crippen LogP contribution < -0.4 is 0 Å². The number of hydrogen-bond donors (Lipinski definition) is 0. The minimum Gasteiger partial charge on any atom is -0.127 e. The molecule has 0 saturated carbocycles. The maximum atomic E-state index is 5.56. The fourth-order valence-electron chi connectivity index (χ4n) is 1.01. The van der Waals surface area contributed by atoms with Crippen molar-refractivity contribution < 1.29 is 0 Å². The summed E-state index contributed by atoms with van der Waals surface area (Å²) in [6.45, 7) is 0. The van der Waals surface area contributed by atoms with Crippen molar-refractivity contribution in [2.24, 2.45) is 0 Å². The number of hydrogen-bond acceptors (Lipinski definition) is 0. The molecule has 0 atom stereocenters. The molecule has 0 aliphatic heterocycles. The maximum Gasteiger partial charge on any atom is 0.0223 e. The summed E-state index contributed by atoms with van der Waals surface area (Å²) in [7, 11) is 0. The molecule has 1 rings (SSSR count). The molecule has 0 fully saturated rings. The Morgan fingerprint density at radius 1 is 1.18 bits per heavy atom. The largest absolute Gasteiger partial charge is 0.127 e. The second-order valence-corrected chi connectivity index (χ2v) is 2.93. The van der Waals surface area contributed by atoms with E-state index in [1.807, 2.05) is 12.1 Å². The van der Waals surface area contributed by atoms with E-state index in [2.05, 4.69) is 18.2 Å². The number of benzene rings is 1. The number of rotatable bonds is 4. The summed E-state index contributed by atoms with van der Waals surface area (Å²) in [6.07, 6.45) is 3.44. The van der Waals surface area contributed by atoms with Gasteiger partial charge in [-0.05, 0) is 30.9 Å². The number of alkyl halides is 1. The van der Waals surface area contributed by atoms with Crippen molar-refractivity contribution >= 4 is 11.6 Å². The number of aryl methyl sites for hydroxylation is 1. The average molecular weight is 168 g/mol. The molecule has 11 heavy (non-hydrogen) atoms. The van der Waals surface area contributed by atoms with Crippen molar-refractivity contribution in [3.05, 3.63) is 35.9 Å². The highest BCUT2D eigenvalue weighted by molar-refractivity contribution is 6.17. The summed E-state index contributed by atoms with van der Waals surface area (Å²) in [5.74, 6) is 0.777. The smallest absolute Gasteiger partial charge is 0.0223 e. The molecule has 0 saturated heterocycles. The summed E-state index contributed by atoms with van der Waals surface area (Å²) in [5, 5.41) is 0. The van der Waals surface area contributed by atoms with Gasteiger partial charge in [0.05, 0.1) is 0 Å². The first-order valence-corrected chi connectivity index (χ1v) is 4.48. The standard InChI is InChI=1S/C10H12Cl/c11-9-5-4-8-10-6-2-1-3-7-10/h2-3,6-7H,4-5,8-9H2. The van der Waals surface area contributed by atoms with E-state index in [0.29, 0.717) is 0 Å². The van der Waals surface area contributed by atoms with Gasteiger partial charge in [-0.2, -0.15) is 0 Å². The first-order chi connectivity index (χ1) is 5.43. The molecule has 1 radical (unpaired) electrons. The van der Waals surface area contributed by atoms with E-state index in [0.717, 1.165) is 18.7 Å². The normalized spacial score (nSPS) is 9.91. The van der Waals surface area contributed by atoms with Crippen molar-refractivity contribution in [2.45, 2.75) is 19.3 Å². The van der Waals surface area contributed by atoms with Crippen LogP contribution in [0.15, 0.2) is 24.3 Å². The minimum absolute atomic E-state index is 0.777. The zero-order valence-corrected chi connectivity index (χ0v) is 7.27. The van der Waals surface area contributed by atoms with Crippen molar-refractivity contribution in [1.29, 1.82) is 0 Å². The van der Waals surface area contributed by atoms with Crippen molar-refractivity contribution in [2.75, 3.05) is 5.88 Å². The van der Waals surface area contributed by atoms with Gasteiger partial charge >= 0.3 is 0 Å². The lowest BCUT2D eigenvalue weighted by molar-refractivity contribution is 0.800. The zero-order chi connectivity index (χ0) is 7.94. The average Bonchev–Trinajstić information content (AvgIpc) is 2.07. The Balaban J connectivity index is 2.28. The predicted octanol–water partition coefficient (Wildman–Crippen LogP) is 3.05. The fourth-order valence-corrected chi connectivity index (χ4v) is 1.20. The van der Waals surface area contributed by atoms with Crippen LogP contribution >= 0.6 is 11.6 Å². The summed E-state index contributed by atoms with van der Waals surface area (Å²) >= 11 is 5.56. The van der Waals surface area contributed by atoms with Gasteiger partial charge in [-0.1, -0.05) is 24.3 Å². The van der Waals surface area contributed by atoms with Crippen LogP contribution in [0, 0.1) is 6.07 Å². The highest BCUT2D eigenvalue weighted by Gasteiger charge is 1.89. The molecule has 59 valence electrons. The van der Waals surface area contributed by atoms with E-state index in [1.54, 1.807) is 0 Å². The molecule has 0 heterocycles. The lowest BCUT2D eigenvalue weighted by Gasteiger charge is -1.97. The van der Waals surface area contributed by atoms with Crippen LogP contribution in [0.2, 0.25) is 0 Å². The zero-order valence-electron chi connectivity index (χ0n) is 6.52. The van der Waals surface area contributed by atoms with Gasteiger partial charge in [-0.15, -0.1) is 11.6 Å². The van der Waals surface area contributed by atoms with E-state index in [1.165, 1.54) is 12.0 Å². The second-order valence-electron chi connectivity index (χ2n) is 2.55. The van der Waals surface area contributed by atoms with Gasteiger partial charge in [0.15, 0.2) is 0 Å². The maximum absolute atomic E-state index is 5.56. The van der Waals surface area contributed by atoms with E-state index in [4.69, 9.17) is 11.6 Å². The highest BCUT2D eigenvalue weighted by Crippen LogP contribution is 2.04. The monoisotopic (exact) mass is 167 g/mol. The SMILES string of the molecule is ClCCCCc1cc[c]cc1. The van der Waals surface area contributed by atoms with Crippen LogP contribution in [0.25, 0.3) is 0 Å².